The lowest BCUT2D eigenvalue weighted by Crippen LogP contribution is -2.38. The monoisotopic (exact) mass is 464 g/mol. The molecule has 4 heterocycles. The Labute approximate surface area is 197 Å². The fourth-order valence-corrected chi connectivity index (χ4v) is 4.44. The van der Waals surface area contributed by atoms with E-state index in [0.29, 0.717) is 11.6 Å². The van der Waals surface area contributed by atoms with Gasteiger partial charge in [-0.1, -0.05) is 0 Å². The Hall–Kier alpha value is -3.30. The zero-order chi connectivity index (χ0) is 23.7. The standard InChI is InChI=1S/C25H29FN6O2/c1-30(2)10-11-34-18-5-8-31(9-6-18)17-14-28-25-21(15-29-32(25)16-17)19-4-7-27-23-13-22(26)24(33-3)12-20(19)23/h4,7,12-16,18H,5-6,8-11H2,1-3H3. The van der Waals surface area contributed by atoms with Crippen LogP contribution in [0.4, 0.5) is 10.1 Å². The predicted octanol–water partition coefficient (Wildman–Crippen LogP) is 3.64. The van der Waals surface area contributed by atoms with Crippen molar-refractivity contribution in [1.29, 1.82) is 0 Å². The number of benzene rings is 1. The van der Waals surface area contributed by atoms with Crippen molar-refractivity contribution in [2.24, 2.45) is 0 Å². The molecule has 3 aromatic heterocycles. The Kier molecular flexibility index (Phi) is 6.30. The number of methoxy groups -OCH3 is 1. The highest BCUT2D eigenvalue weighted by Crippen LogP contribution is 2.34. The molecule has 0 spiro atoms. The Balaban J connectivity index is 1.37. The van der Waals surface area contributed by atoms with Crippen molar-refractivity contribution in [3.8, 4) is 16.9 Å². The molecule has 178 valence electrons. The topological polar surface area (TPSA) is 68.0 Å². The third-order valence-electron chi connectivity index (χ3n) is 6.35. The summed E-state index contributed by atoms with van der Waals surface area (Å²) in [5.74, 6) is -0.253. The lowest BCUT2D eigenvalue weighted by Gasteiger charge is -2.33. The van der Waals surface area contributed by atoms with Gasteiger partial charge < -0.3 is 19.3 Å². The molecule has 4 aromatic rings. The SMILES string of the molecule is COc1cc2c(-c3cnn4cc(N5CCC(OCCN(C)C)CC5)cnc34)ccnc2cc1F. The first-order valence-corrected chi connectivity index (χ1v) is 11.5. The van der Waals surface area contributed by atoms with Crippen LogP contribution in [0, 0.1) is 5.82 Å². The summed E-state index contributed by atoms with van der Waals surface area (Å²) in [6, 6.07) is 4.96. The molecule has 34 heavy (non-hydrogen) atoms. The minimum atomic E-state index is -0.436. The van der Waals surface area contributed by atoms with Gasteiger partial charge in [-0.2, -0.15) is 5.10 Å². The van der Waals surface area contributed by atoms with E-state index in [1.165, 1.54) is 13.2 Å². The second-order valence-corrected chi connectivity index (χ2v) is 8.86. The molecule has 0 atom stereocenters. The van der Waals surface area contributed by atoms with Gasteiger partial charge in [-0.05, 0) is 44.6 Å². The summed E-state index contributed by atoms with van der Waals surface area (Å²) in [5, 5.41) is 5.35. The number of rotatable bonds is 7. The van der Waals surface area contributed by atoms with Crippen LogP contribution >= 0.6 is 0 Å². The van der Waals surface area contributed by atoms with Crippen LogP contribution < -0.4 is 9.64 Å². The van der Waals surface area contributed by atoms with E-state index < -0.39 is 5.82 Å². The molecule has 0 N–H and O–H groups in total. The van der Waals surface area contributed by atoms with E-state index in [-0.39, 0.29) is 5.75 Å². The van der Waals surface area contributed by atoms with Gasteiger partial charge >= 0.3 is 0 Å². The summed E-state index contributed by atoms with van der Waals surface area (Å²) in [6.07, 6.45) is 9.69. The summed E-state index contributed by atoms with van der Waals surface area (Å²) in [4.78, 5) is 13.5. The van der Waals surface area contributed by atoms with E-state index in [9.17, 15) is 4.39 Å². The summed E-state index contributed by atoms with van der Waals surface area (Å²) < 4.78 is 27.2. The van der Waals surface area contributed by atoms with E-state index in [1.807, 2.05) is 18.5 Å². The molecule has 1 fully saturated rings. The summed E-state index contributed by atoms with van der Waals surface area (Å²) in [5.41, 5.74) is 4.08. The van der Waals surface area contributed by atoms with Crippen LogP contribution in [0.1, 0.15) is 12.8 Å². The van der Waals surface area contributed by atoms with Crippen LogP contribution in [0.5, 0.6) is 5.75 Å². The van der Waals surface area contributed by atoms with Crippen molar-refractivity contribution < 1.29 is 13.9 Å². The first kappa shape index (κ1) is 22.5. The molecule has 0 bridgehead atoms. The molecule has 1 aliphatic rings. The molecule has 5 rings (SSSR count). The van der Waals surface area contributed by atoms with Crippen molar-refractivity contribution in [1.82, 2.24) is 24.5 Å². The average Bonchev–Trinajstić information content (AvgIpc) is 3.26. The van der Waals surface area contributed by atoms with Gasteiger partial charge in [0, 0.05) is 42.8 Å². The molecule has 1 aromatic carbocycles. The van der Waals surface area contributed by atoms with Crippen molar-refractivity contribution in [3.63, 3.8) is 0 Å². The van der Waals surface area contributed by atoms with Crippen molar-refractivity contribution >= 4 is 22.2 Å². The Morgan fingerprint density at radius 2 is 1.94 bits per heavy atom. The predicted molar refractivity (Wildman–Crippen MR) is 130 cm³/mol. The largest absolute Gasteiger partial charge is 0.494 e. The van der Waals surface area contributed by atoms with Crippen LogP contribution in [0.15, 0.2) is 43.0 Å². The highest BCUT2D eigenvalue weighted by Gasteiger charge is 2.21. The number of aromatic nitrogens is 4. The van der Waals surface area contributed by atoms with Crippen molar-refractivity contribution in [2.45, 2.75) is 18.9 Å². The summed E-state index contributed by atoms with van der Waals surface area (Å²) in [6.45, 7) is 3.56. The molecule has 0 amide bonds. The highest BCUT2D eigenvalue weighted by atomic mass is 19.1. The zero-order valence-electron chi connectivity index (χ0n) is 19.7. The number of hydrogen-bond acceptors (Lipinski definition) is 7. The summed E-state index contributed by atoms with van der Waals surface area (Å²) >= 11 is 0. The Bertz CT molecular complexity index is 1300. The van der Waals surface area contributed by atoms with Crippen molar-refractivity contribution in [2.75, 3.05) is 52.3 Å². The number of hydrogen-bond donors (Lipinski definition) is 0. The number of ether oxygens (including phenoxy) is 2. The van der Waals surface area contributed by atoms with Gasteiger partial charge in [-0.25, -0.2) is 13.9 Å². The number of halogens is 1. The number of likely N-dealkylation sites (N-methyl/N-ethyl adjacent to an activating group) is 1. The number of piperidine rings is 1. The zero-order valence-corrected chi connectivity index (χ0v) is 19.7. The van der Waals surface area contributed by atoms with Crippen LogP contribution in [0.3, 0.4) is 0 Å². The number of nitrogens with zero attached hydrogens (tertiary/aromatic N) is 6. The van der Waals surface area contributed by atoms with Gasteiger partial charge in [0.25, 0.3) is 0 Å². The van der Waals surface area contributed by atoms with Gasteiger partial charge in [0.15, 0.2) is 17.2 Å². The number of fused-ring (bicyclic) bond motifs is 2. The van der Waals surface area contributed by atoms with E-state index >= 15 is 0 Å². The van der Waals surface area contributed by atoms with Crippen LogP contribution in [0.2, 0.25) is 0 Å². The maximum atomic E-state index is 14.2. The van der Waals surface area contributed by atoms with Crippen LogP contribution in [-0.4, -0.2) is 78.0 Å². The smallest absolute Gasteiger partial charge is 0.167 e. The fourth-order valence-electron chi connectivity index (χ4n) is 4.44. The van der Waals surface area contributed by atoms with Crippen LogP contribution in [0.25, 0.3) is 27.7 Å². The van der Waals surface area contributed by atoms with Gasteiger partial charge in [0.1, 0.15) is 0 Å². The second kappa shape index (κ2) is 9.52. The first-order valence-electron chi connectivity index (χ1n) is 11.5. The lowest BCUT2D eigenvalue weighted by molar-refractivity contribution is 0.0294. The quantitative estimate of drug-likeness (QED) is 0.414. The van der Waals surface area contributed by atoms with E-state index in [2.05, 4.69) is 34.0 Å². The van der Waals surface area contributed by atoms with E-state index in [0.717, 1.165) is 66.9 Å². The first-order chi connectivity index (χ1) is 16.5. The molecule has 1 aliphatic heterocycles. The molecule has 0 radical (unpaired) electrons. The minimum Gasteiger partial charge on any atom is -0.494 e. The molecule has 0 unspecified atom stereocenters. The van der Waals surface area contributed by atoms with Gasteiger partial charge in [0.2, 0.25) is 0 Å². The molecule has 9 heteroatoms. The molecule has 8 nitrogen and oxygen atoms in total. The van der Waals surface area contributed by atoms with Crippen molar-refractivity contribution in [3.05, 3.63) is 48.8 Å². The third kappa shape index (κ3) is 4.41. The lowest BCUT2D eigenvalue weighted by atomic mass is 10.0. The van der Waals surface area contributed by atoms with Gasteiger partial charge in [-0.3, -0.25) is 4.98 Å². The fraction of sp³-hybridized carbons (Fsp3) is 0.400. The Morgan fingerprint density at radius 3 is 2.71 bits per heavy atom. The normalized spacial score (nSPS) is 15.0. The molecule has 0 aliphatic carbocycles. The van der Waals surface area contributed by atoms with Gasteiger partial charge in [0.05, 0.1) is 49.6 Å². The molecular formula is C25H29FN6O2. The van der Waals surface area contributed by atoms with E-state index in [4.69, 9.17) is 14.5 Å². The minimum absolute atomic E-state index is 0.183. The molecule has 0 saturated carbocycles. The second-order valence-electron chi connectivity index (χ2n) is 8.86. The average molecular weight is 465 g/mol. The van der Waals surface area contributed by atoms with E-state index in [1.54, 1.807) is 23.0 Å². The number of pyridine rings is 1. The molecular weight excluding hydrogens is 435 g/mol. The number of anilines is 1. The van der Waals surface area contributed by atoms with Gasteiger partial charge in [-0.15, -0.1) is 0 Å². The molecule has 1 saturated heterocycles. The highest BCUT2D eigenvalue weighted by molar-refractivity contribution is 5.98. The van der Waals surface area contributed by atoms with Crippen LogP contribution in [-0.2, 0) is 4.74 Å². The summed E-state index contributed by atoms with van der Waals surface area (Å²) in [7, 11) is 5.57. The third-order valence-corrected chi connectivity index (χ3v) is 6.35. The maximum Gasteiger partial charge on any atom is 0.167 e. The maximum absolute atomic E-state index is 14.2. The Morgan fingerprint density at radius 1 is 1.12 bits per heavy atom.